The van der Waals surface area contributed by atoms with E-state index in [1.807, 2.05) is 24.0 Å². The summed E-state index contributed by atoms with van der Waals surface area (Å²) in [6.07, 6.45) is 6.59. The lowest BCUT2D eigenvalue weighted by atomic mass is 9.69. The number of furan rings is 1. The number of rotatable bonds is 9. The minimum absolute atomic E-state index is 0.157. The maximum atomic E-state index is 12.6. The van der Waals surface area contributed by atoms with Crippen LogP contribution in [0.25, 0.3) is 0 Å². The molecule has 1 saturated heterocycles. The van der Waals surface area contributed by atoms with Crippen LogP contribution in [0.5, 0.6) is 0 Å². The fraction of sp³-hybridized carbons (Fsp3) is 0.560. The first-order chi connectivity index (χ1) is 14.0. The fourth-order valence-electron chi connectivity index (χ4n) is 4.43. The summed E-state index contributed by atoms with van der Waals surface area (Å²) >= 11 is 0. The van der Waals surface area contributed by atoms with Crippen LogP contribution in [-0.4, -0.2) is 30.1 Å². The van der Waals surface area contributed by atoms with Crippen LogP contribution in [-0.2, 0) is 22.5 Å². The van der Waals surface area contributed by atoms with Crippen molar-refractivity contribution in [3.63, 3.8) is 0 Å². The average Bonchev–Trinajstić information content (AvgIpc) is 3.24. The molecule has 4 nitrogen and oxygen atoms in total. The quantitative estimate of drug-likeness (QED) is 0.563. The molecule has 29 heavy (non-hydrogen) atoms. The predicted molar refractivity (Wildman–Crippen MR) is 115 cm³/mol. The van der Waals surface area contributed by atoms with Crippen LogP contribution in [0.3, 0.4) is 0 Å². The lowest BCUT2D eigenvalue weighted by Gasteiger charge is -2.43. The molecule has 1 fully saturated rings. The van der Waals surface area contributed by atoms with E-state index in [9.17, 15) is 4.79 Å². The highest BCUT2D eigenvalue weighted by molar-refractivity contribution is 5.75. The van der Waals surface area contributed by atoms with Gasteiger partial charge in [0.2, 0.25) is 5.91 Å². The molecular formula is C25H35NO3. The number of ether oxygens (including phenoxy) is 1. The Morgan fingerprint density at radius 3 is 2.66 bits per heavy atom. The lowest BCUT2D eigenvalue weighted by molar-refractivity contribution is -0.132. The molecule has 1 amide bonds. The minimum Gasteiger partial charge on any atom is -0.467 e. The van der Waals surface area contributed by atoms with Gasteiger partial charge in [0.05, 0.1) is 18.9 Å². The lowest BCUT2D eigenvalue weighted by Crippen LogP contribution is -2.42. The molecule has 2 heterocycles. The highest BCUT2D eigenvalue weighted by atomic mass is 16.5. The Hall–Kier alpha value is -2.07. The van der Waals surface area contributed by atoms with Crippen LogP contribution in [0.2, 0.25) is 0 Å². The van der Waals surface area contributed by atoms with Crippen LogP contribution in [0.15, 0.2) is 53.1 Å². The third-order valence-electron chi connectivity index (χ3n) is 6.26. The van der Waals surface area contributed by atoms with E-state index in [0.717, 1.165) is 44.6 Å². The van der Waals surface area contributed by atoms with E-state index in [4.69, 9.17) is 9.15 Å². The molecule has 2 aromatic rings. The van der Waals surface area contributed by atoms with Gasteiger partial charge < -0.3 is 14.1 Å². The van der Waals surface area contributed by atoms with Gasteiger partial charge in [0.25, 0.3) is 0 Å². The van der Waals surface area contributed by atoms with Gasteiger partial charge in [-0.25, -0.2) is 0 Å². The zero-order valence-corrected chi connectivity index (χ0v) is 18.1. The predicted octanol–water partition coefficient (Wildman–Crippen LogP) is 5.47. The molecule has 1 aliphatic heterocycles. The second-order valence-corrected chi connectivity index (χ2v) is 8.77. The van der Waals surface area contributed by atoms with Crippen LogP contribution < -0.4 is 0 Å². The second kappa shape index (κ2) is 10.1. The molecule has 0 saturated carbocycles. The van der Waals surface area contributed by atoms with Crippen molar-refractivity contribution in [1.82, 2.24) is 4.90 Å². The molecule has 3 rings (SSSR count). The summed E-state index contributed by atoms with van der Waals surface area (Å²) in [6, 6.07) is 14.6. The Morgan fingerprint density at radius 2 is 2.00 bits per heavy atom. The molecule has 0 unspecified atom stereocenters. The number of nitrogens with zero attached hydrogens (tertiary/aromatic N) is 1. The number of amides is 1. The molecule has 1 aliphatic rings. The normalized spacial score (nSPS) is 22.0. The number of carbonyl (C=O) groups is 1. The van der Waals surface area contributed by atoms with Gasteiger partial charge in [-0.3, -0.25) is 4.79 Å². The van der Waals surface area contributed by atoms with Crippen molar-refractivity contribution < 1.29 is 13.9 Å². The van der Waals surface area contributed by atoms with E-state index >= 15 is 0 Å². The molecular weight excluding hydrogens is 362 g/mol. The van der Waals surface area contributed by atoms with Crippen molar-refractivity contribution in [3.05, 3.63) is 60.1 Å². The minimum atomic E-state index is 0.157. The molecule has 0 N–H and O–H groups in total. The molecule has 4 heteroatoms. The maximum absolute atomic E-state index is 12.6. The van der Waals surface area contributed by atoms with Crippen molar-refractivity contribution in [3.8, 4) is 0 Å². The maximum Gasteiger partial charge on any atom is 0.222 e. The number of hydrogen-bond acceptors (Lipinski definition) is 3. The Labute approximate surface area is 175 Å². The van der Waals surface area contributed by atoms with Crippen molar-refractivity contribution in [1.29, 1.82) is 0 Å². The van der Waals surface area contributed by atoms with Crippen molar-refractivity contribution in [2.75, 3.05) is 13.2 Å². The number of hydrogen-bond donors (Lipinski definition) is 0. The van der Waals surface area contributed by atoms with E-state index in [-0.39, 0.29) is 17.4 Å². The summed E-state index contributed by atoms with van der Waals surface area (Å²) < 4.78 is 11.6. The van der Waals surface area contributed by atoms with E-state index < -0.39 is 0 Å². The molecule has 0 spiro atoms. The van der Waals surface area contributed by atoms with Gasteiger partial charge >= 0.3 is 0 Å². The van der Waals surface area contributed by atoms with Gasteiger partial charge in [-0.05, 0) is 54.7 Å². The summed E-state index contributed by atoms with van der Waals surface area (Å²) in [5.41, 5.74) is 1.53. The molecule has 158 valence electrons. The number of carbonyl (C=O) groups excluding carboxylic acids is 1. The zero-order valence-electron chi connectivity index (χ0n) is 18.1. The van der Waals surface area contributed by atoms with Crippen molar-refractivity contribution >= 4 is 5.91 Å². The second-order valence-electron chi connectivity index (χ2n) is 8.77. The molecule has 0 bridgehead atoms. The van der Waals surface area contributed by atoms with E-state index in [0.29, 0.717) is 18.9 Å². The molecule has 2 atom stereocenters. The third-order valence-corrected chi connectivity index (χ3v) is 6.26. The van der Waals surface area contributed by atoms with Gasteiger partial charge in [-0.1, -0.05) is 51.1 Å². The standard InChI is InChI=1S/C25H35NO3/c1-4-24(27)26(19-22-11-8-15-28-22)14-12-25(17-21-9-6-5-7-10-21)13-16-29-23(18-25)20(2)3/h5-11,15,20,23H,4,12-14,16-19H2,1-3H3/t23-,25+/m0/s1. The summed E-state index contributed by atoms with van der Waals surface area (Å²) in [5.74, 6) is 1.53. The molecule has 0 aliphatic carbocycles. The molecule has 0 radical (unpaired) electrons. The van der Waals surface area contributed by atoms with Crippen molar-refractivity contribution in [2.24, 2.45) is 11.3 Å². The van der Waals surface area contributed by atoms with Crippen LogP contribution in [0.1, 0.15) is 57.8 Å². The van der Waals surface area contributed by atoms with Gasteiger partial charge in [0.15, 0.2) is 0 Å². The highest BCUT2D eigenvalue weighted by Gasteiger charge is 2.38. The summed E-state index contributed by atoms with van der Waals surface area (Å²) in [4.78, 5) is 14.6. The highest BCUT2D eigenvalue weighted by Crippen LogP contribution is 2.42. The Balaban J connectivity index is 1.76. The zero-order chi connectivity index (χ0) is 20.7. The monoisotopic (exact) mass is 397 g/mol. The summed E-state index contributed by atoms with van der Waals surface area (Å²) in [5, 5.41) is 0. The Kier molecular flexibility index (Phi) is 7.54. The first-order valence-electron chi connectivity index (χ1n) is 11.0. The largest absolute Gasteiger partial charge is 0.467 e. The first-order valence-corrected chi connectivity index (χ1v) is 11.0. The van der Waals surface area contributed by atoms with E-state index in [1.165, 1.54) is 5.56 Å². The SMILES string of the molecule is CCC(=O)N(CC[C@]1(Cc2ccccc2)CCO[C@H](C(C)C)C1)Cc1ccco1. The van der Waals surface area contributed by atoms with Gasteiger partial charge in [0, 0.05) is 19.6 Å². The van der Waals surface area contributed by atoms with Crippen LogP contribution in [0.4, 0.5) is 0 Å². The molecule has 1 aromatic heterocycles. The van der Waals surface area contributed by atoms with E-state index in [1.54, 1.807) is 6.26 Å². The topological polar surface area (TPSA) is 42.7 Å². The van der Waals surface area contributed by atoms with Gasteiger partial charge in [0.1, 0.15) is 5.76 Å². The number of benzene rings is 1. The van der Waals surface area contributed by atoms with Gasteiger partial charge in [-0.2, -0.15) is 0 Å². The summed E-state index contributed by atoms with van der Waals surface area (Å²) in [6.45, 7) is 8.52. The Bertz CT molecular complexity index is 741. The first kappa shape index (κ1) is 21.6. The summed E-state index contributed by atoms with van der Waals surface area (Å²) in [7, 11) is 0. The van der Waals surface area contributed by atoms with E-state index in [2.05, 4.69) is 44.2 Å². The smallest absolute Gasteiger partial charge is 0.222 e. The molecule has 1 aromatic carbocycles. The van der Waals surface area contributed by atoms with Crippen molar-refractivity contribution in [2.45, 2.75) is 65.5 Å². The Morgan fingerprint density at radius 1 is 1.21 bits per heavy atom. The fourth-order valence-corrected chi connectivity index (χ4v) is 4.43. The third kappa shape index (κ3) is 5.96. The average molecular weight is 398 g/mol. The van der Waals surface area contributed by atoms with Crippen LogP contribution in [0, 0.1) is 11.3 Å². The van der Waals surface area contributed by atoms with Crippen LogP contribution >= 0.6 is 0 Å². The van der Waals surface area contributed by atoms with Gasteiger partial charge in [-0.15, -0.1) is 0 Å².